The maximum atomic E-state index is 12.6. The molecule has 1 amide bonds. The molecule has 0 radical (unpaired) electrons. The number of carbonyl (C=O) groups excluding carboxylic acids is 1. The smallest absolute Gasteiger partial charge is 0.277 e. The van der Waals surface area contributed by atoms with Crippen molar-refractivity contribution in [3.05, 3.63) is 77.9 Å². The summed E-state index contributed by atoms with van der Waals surface area (Å²) in [7, 11) is 5.92. The number of rotatable bonds is 7. The number of amides is 1. The minimum absolute atomic E-state index is 0.142. The van der Waals surface area contributed by atoms with Gasteiger partial charge in [0.15, 0.2) is 6.54 Å². The number of nitrogens with two attached hydrogens (primary N) is 1. The highest BCUT2D eigenvalue weighted by atomic mass is 16.2. The Balaban J connectivity index is 1.58. The van der Waals surface area contributed by atoms with Crippen LogP contribution in [0.15, 0.2) is 66.7 Å². The van der Waals surface area contributed by atoms with Gasteiger partial charge in [-0.2, -0.15) is 0 Å². The molecule has 0 fully saturated rings. The van der Waals surface area contributed by atoms with E-state index in [9.17, 15) is 4.79 Å². The van der Waals surface area contributed by atoms with Crippen LogP contribution >= 0.6 is 0 Å². The van der Waals surface area contributed by atoms with E-state index in [1.165, 1.54) is 16.3 Å². The average Bonchev–Trinajstić information content (AvgIpc) is 2.71. The van der Waals surface area contributed by atoms with Crippen molar-refractivity contribution < 1.29 is 10.1 Å². The predicted molar refractivity (Wildman–Crippen MR) is 116 cm³/mol. The van der Waals surface area contributed by atoms with Gasteiger partial charge < -0.3 is 15.1 Å². The molecule has 4 heteroatoms. The first-order valence-electron chi connectivity index (χ1n) is 9.77. The minimum atomic E-state index is 0.142. The molecule has 0 aliphatic rings. The molecule has 3 aromatic carbocycles. The number of hydrogen-bond acceptors (Lipinski definition) is 2. The highest BCUT2D eigenvalue weighted by Crippen LogP contribution is 2.22. The molecule has 0 saturated heterocycles. The van der Waals surface area contributed by atoms with E-state index < -0.39 is 0 Å². The van der Waals surface area contributed by atoms with Gasteiger partial charge in [0.05, 0.1) is 0 Å². The summed E-state index contributed by atoms with van der Waals surface area (Å²) in [6.07, 6.45) is 0. The number of hydrogen-bond donors (Lipinski definition) is 1. The zero-order valence-corrected chi connectivity index (χ0v) is 17.2. The topological polar surface area (TPSA) is 40.2 Å². The highest BCUT2D eigenvalue weighted by molar-refractivity contribution is 5.86. The van der Waals surface area contributed by atoms with Crippen molar-refractivity contribution in [3.8, 4) is 0 Å². The Labute approximate surface area is 167 Å². The molecule has 0 aromatic heterocycles. The van der Waals surface area contributed by atoms with Crippen LogP contribution in [0.25, 0.3) is 10.8 Å². The van der Waals surface area contributed by atoms with Crippen molar-refractivity contribution in [1.29, 1.82) is 0 Å². The van der Waals surface area contributed by atoms with Crippen molar-refractivity contribution in [1.82, 2.24) is 4.90 Å². The quantitative estimate of drug-likeness (QED) is 0.688. The second kappa shape index (κ2) is 8.89. The number of carbonyl (C=O) groups is 1. The molecular formula is C24H30N3O+. The molecule has 3 aromatic rings. The fraction of sp³-hybridized carbons (Fsp3) is 0.292. The summed E-state index contributed by atoms with van der Waals surface area (Å²) in [4.78, 5) is 16.5. The van der Waals surface area contributed by atoms with Crippen LogP contribution in [0.3, 0.4) is 0 Å². The number of fused-ring (bicyclic) bond motifs is 1. The van der Waals surface area contributed by atoms with Gasteiger partial charge >= 0.3 is 0 Å². The third-order valence-electron chi connectivity index (χ3n) is 5.26. The van der Waals surface area contributed by atoms with Crippen LogP contribution in [0.1, 0.15) is 24.1 Å². The lowest BCUT2D eigenvalue weighted by Gasteiger charge is -2.19. The zero-order chi connectivity index (χ0) is 20.1. The summed E-state index contributed by atoms with van der Waals surface area (Å²) in [5.74, 6) is 0.142. The Kier molecular flexibility index (Phi) is 6.32. The molecule has 146 valence electrons. The van der Waals surface area contributed by atoms with E-state index in [0.29, 0.717) is 13.1 Å². The first-order chi connectivity index (χ1) is 13.5. The van der Waals surface area contributed by atoms with Crippen LogP contribution in [0, 0.1) is 0 Å². The molecule has 0 saturated carbocycles. The molecule has 1 atom stereocenters. The normalized spacial score (nSPS) is 12.0. The fourth-order valence-electron chi connectivity index (χ4n) is 3.47. The number of likely N-dealkylation sites (N-methyl/N-ethyl adjacent to an activating group) is 1. The first kappa shape index (κ1) is 19.9. The molecule has 2 N–H and O–H groups in total. The van der Waals surface area contributed by atoms with Gasteiger partial charge in [-0.15, -0.1) is 0 Å². The standard InChI is InChI=1S/C24H29N3O/c1-18(22-11-7-9-20-8-5-6-10-23(20)22)25-16-24(28)27(4)17-19-12-14-21(15-13-19)26(2)3/h5-15,18,25H,16-17H2,1-4H3/p+1/t18-/m0/s1. The van der Waals surface area contributed by atoms with Gasteiger partial charge in [-0.3, -0.25) is 4.79 Å². The van der Waals surface area contributed by atoms with Crippen LogP contribution in [0.4, 0.5) is 5.69 Å². The van der Waals surface area contributed by atoms with E-state index >= 15 is 0 Å². The molecule has 0 aliphatic carbocycles. The second-order valence-electron chi connectivity index (χ2n) is 7.61. The molecular weight excluding hydrogens is 346 g/mol. The largest absolute Gasteiger partial charge is 0.378 e. The maximum absolute atomic E-state index is 12.6. The molecule has 3 rings (SSSR count). The lowest BCUT2D eigenvalue weighted by Crippen LogP contribution is -2.87. The van der Waals surface area contributed by atoms with Gasteiger partial charge in [-0.25, -0.2) is 0 Å². The van der Waals surface area contributed by atoms with Gasteiger partial charge in [-0.05, 0) is 35.4 Å². The van der Waals surface area contributed by atoms with Crippen LogP contribution in [0.2, 0.25) is 0 Å². The number of quaternary nitrogens is 1. The monoisotopic (exact) mass is 376 g/mol. The predicted octanol–water partition coefficient (Wildman–Crippen LogP) is 3.19. The molecule has 0 unspecified atom stereocenters. The summed E-state index contributed by atoms with van der Waals surface area (Å²) in [6, 6.07) is 23.4. The van der Waals surface area contributed by atoms with E-state index in [0.717, 1.165) is 11.3 Å². The maximum Gasteiger partial charge on any atom is 0.277 e. The molecule has 0 bridgehead atoms. The summed E-state index contributed by atoms with van der Waals surface area (Å²) < 4.78 is 0. The van der Waals surface area contributed by atoms with Crippen LogP contribution < -0.4 is 10.2 Å². The van der Waals surface area contributed by atoms with Crippen LogP contribution in [-0.4, -0.2) is 38.5 Å². The van der Waals surface area contributed by atoms with Gasteiger partial charge in [0.25, 0.3) is 5.91 Å². The van der Waals surface area contributed by atoms with Crippen molar-refractivity contribution in [2.75, 3.05) is 32.6 Å². The summed E-state index contributed by atoms with van der Waals surface area (Å²) in [5, 5.41) is 4.62. The lowest BCUT2D eigenvalue weighted by atomic mass is 10.00. The Morgan fingerprint density at radius 2 is 1.61 bits per heavy atom. The van der Waals surface area contributed by atoms with Gasteiger partial charge in [0.1, 0.15) is 6.04 Å². The van der Waals surface area contributed by atoms with Crippen molar-refractivity contribution >= 4 is 22.4 Å². The van der Waals surface area contributed by atoms with E-state index in [2.05, 4.69) is 83.9 Å². The highest BCUT2D eigenvalue weighted by Gasteiger charge is 2.16. The van der Waals surface area contributed by atoms with E-state index in [-0.39, 0.29) is 11.9 Å². The second-order valence-corrected chi connectivity index (χ2v) is 7.61. The molecule has 0 spiro atoms. The van der Waals surface area contributed by atoms with Crippen LogP contribution in [-0.2, 0) is 11.3 Å². The Hall–Kier alpha value is -2.85. The third kappa shape index (κ3) is 4.70. The summed E-state index contributed by atoms with van der Waals surface area (Å²) in [5.41, 5.74) is 3.58. The van der Waals surface area contributed by atoms with Gasteiger partial charge in [0.2, 0.25) is 0 Å². The SMILES string of the molecule is C[C@H]([NH2+]CC(=O)N(C)Cc1ccc(N(C)C)cc1)c1cccc2ccccc12. The lowest BCUT2D eigenvalue weighted by molar-refractivity contribution is -0.682. The minimum Gasteiger partial charge on any atom is -0.378 e. The Morgan fingerprint density at radius 3 is 2.32 bits per heavy atom. The molecule has 0 aliphatic heterocycles. The summed E-state index contributed by atoms with van der Waals surface area (Å²) >= 11 is 0. The third-order valence-corrected chi connectivity index (χ3v) is 5.26. The zero-order valence-electron chi connectivity index (χ0n) is 17.2. The number of nitrogens with zero attached hydrogens (tertiary/aromatic N) is 2. The van der Waals surface area contributed by atoms with E-state index in [4.69, 9.17) is 0 Å². The molecule has 0 heterocycles. The number of anilines is 1. The van der Waals surface area contributed by atoms with Crippen LogP contribution in [0.5, 0.6) is 0 Å². The van der Waals surface area contributed by atoms with E-state index in [1.54, 1.807) is 4.90 Å². The fourth-order valence-corrected chi connectivity index (χ4v) is 3.47. The van der Waals surface area contributed by atoms with Gasteiger partial charge in [-0.1, -0.05) is 54.6 Å². The first-order valence-corrected chi connectivity index (χ1v) is 9.77. The molecule has 28 heavy (non-hydrogen) atoms. The average molecular weight is 377 g/mol. The van der Waals surface area contributed by atoms with Crippen molar-refractivity contribution in [3.63, 3.8) is 0 Å². The molecule has 4 nitrogen and oxygen atoms in total. The number of benzene rings is 3. The van der Waals surface area contributed by atoms with Crippen molar-refractivity contribution in [2.24, 2.45) is 0 Å². The van der Waals surface area contributed by atoms with Gasteiger partial charge in [0, 0.05) is 38.9 Å². The Bertz CT molecular complexity index is 929. The summed E-state index contributed by atoms with van der Waals surface area (Å²) in [6.45, 7) is 3.23. The van der Waals surface area contributed by atoms with E-state index in [1.807, 2.05) is 21.1 Å². The van der Waals surface area contributed by atoms with Crippen molar-refractivity contribution in [2.45, 2.75) is 19.5 Å². The Morgan fingerprint density at radius 1 is 0.929 bits per heavy atom.